The summed E-state index contributed by atoms with van der Waals surface area (Å²) >= 11 is 5.70. The van der Waals surface area contributed by atoms with Crippen LogP contribution in [-0.2, 0) is 6.67 Å². The molecule has 0 bridgehead atoms. The predicted octanol–water partition coefficient (Wildman–Crippen LogP) is 2.89. The number of para-hydroxylation sites is 1. The van der Waals surface area contributed by atoms with Crippen LogP contribution in [0.2, 0.25) is 0 Å². The van der Waals surface area contributed by atoms with Gasteiger partial charge in [-0.3, -0.25) is 9.47 Å². The van der Waals surface area contributed by atoms with Crippen molar-refractivity contribution in [2.45, 2.75) is 13.6 Å². The second-order valence-corrected chi connectivity index (χ2v) is 6.87. The van der Waals surface area contributed by atoms with E-state index in [0.29, 0.717) is 0 Å². The van der Waals surface area contributed by atoms with Crippen molar-refractivity contribution in [3.63, 3.8) is 0 Å². The minimum Gasteiger partial charge on any atom is -0.338 e. The molecule has 4 rings (SSSR count). The van der Waals surface area contributed by atoms with Crippen molar-refractivity contribution in [3.8, 4) is 5.69 Å². The highest BCUT2D eigenvalue weighted by Crippen LogP contribution is 2.16. The number of piperazine rings is 1. The van der Waals surface area contributed by atoms with Crippen LogP contribution in [0, 0.1) is 11.7 Å². The number of aromatic nitrogens is 4. The third-order valence-electron chi connectivity index (χ3n) is 4.78. The Morgan fingerprint density at radius 1 is 0.962 bits per heavy atom. The summed E-state index contributed by atoms with van der Waals surface area (Å²) < 4.78 is 5.04. The van der Waals surface area contributed by atoms with Crippen LogP contribution in [0.15, 0.2) is 55.1 Å². The molecule has 0 aliphatic carbocycles. The molecular formula is C19H22N6S. The van der Waals surface area contributed by atoms with Crippen LogP contribution in [0.4, 0.5) is 5.95 Å². The first-order chi connectivity index (χ1) is 12.7. The number of benzene rings is 1. The van der Waals surface area contributed by atoms with Gasteiger partial charge in [0.05, 0.1) is 12.4 Å². The fraction of sp³-hybridized carbons (Fsp3) is 0.316. The van der Waals surface area contributed by atoms with E-state index in [4.69, 9.17) is 12.2 Å². The zero-order valence-corrected chi connectivity index (χ0v) is 15.6. The highest BCUT2D eigenvalue weighted by molar-refractivity contribution is 7.71. The van der Waals surface area contributed by atoms with Gasteiger partial charge in [-0.25, -0.2) is 9.97 Å². The summed E-state index contributed by atoms with van der Waals surface area (Å²) in [7, 11) is 0. The number of anilines is 1. The minimum absolute atomic E-state index is 0.807. The molecule has 26 heavy (non-hydrogen) atoms. The second-order valence-electron chi connectivity index (χ2n) is 6.50. The molecular weight excluding hydrogens is 344 g/mol. The normalized spacial score (nSPS) is 15.3. The molecule has 0 amide bonds. The smallest absolute Gasteiger partial charge is 0.225 e. The van der Waals surface area contributed by atoms with Gasteiger partial charge in [0.15, 0.2) is 4.77 Å². The van der Waals surface area contributed by atoms with E-state index < -0.39 is 0 Å². The fourth-order valence-electron chi connectivity index (χ4n) is 3.30. The Bertz CT molecular complexity index is 924. The van der Waals surface area contributed by atoms with Crippen molar-refractivity contribution in [2.24, 2.45) is 0 Å². The summed E-state index contributed by atoms with van der Waals surface area (Å²) in [6.07, 6.45) is 7.71. The minimum atomic E-state index is 0.807. The predicted molar refractivity (Wildman–Crippen MR) is 105 cm³/mol. The Morgan fingerprint density at radius 3 is 2.42 bits per heavy atom. The van der Waals surface area contributed by atoms with Gasteiger partial charge in [0, 0.05) is 51.0 Å². The molecule has 134 valence electrons. The molecule has 1 fully saturated rings. The van der Waals surface area contributed by atoms with Gasteiger partial charge >= 0.3 is 0 Å². The molecule has 1 aliphatic rings. The lowest BCUT2D eigenvalue weighted by atomic mass is 10.2. The monoisotopic (exact) mass is 366 g/mol. The highest BCUT2D eigenvalue weighted by atomic mass is 32.1. The zero-order valence-electron chi connectivity index (χ0n) is 14.8. The van der Waals surface area contributed by atoms with E-state index in [1.165, 1.54) is 5.56 Å². The average Bonchev–Trinajstić information content (AvgIpc) is 3.04. The summed E-state index contributed by atoms with van der Waals surface area (Å²) in [5, 5.41) is 0. The van der Waals surface area contributed by atoms with Crippen molar-refractivity contribution in [1.82, 2.24) is 24.0 Å². The van der Waals surface area contributed by atoms with Crippen LogP contribution in [0.1, 0.15) is 5.56 Å². The third kappa shape index (κ3) is 3.40. The highest BCUT2D eigenvalue weighted by Gasteiger charge is 2.19. The first-order valence-corrected chi connectivity index (χ1v) is 9.21. The molecule has 3 heterocycles. The molecule has 7 heteroatoms. The van der Waals surface area contributed by atoms with Crippen LogP contribution in [0.25, 0.3) is 5.69 Å². The Hall–Kier alpha value is -2.51. The molecule has 0 radical (unpaired) electrons. The van der Waals surface area contributed by atoms with E-state index in [0.717, 1.165) is 49.3 Å². The van der Waals surface area contributed by atoms with Crippen LogP contribution >= 0.6 is 12.2 Å². The Morgan fingerprint density at radius 2 is 1.69 bits per heavy atom. The van der Waals surface area contributed by atoms with Gasteiger partial charge in [-0.2, -0.15) is 0 Å². The SMILES string of the molecule is Cc1ccccc1-n1ccn(CN2CCN(c3ncccn3)CC2)c1=S. The van der Waals surface area contributed by atoms with Crippen LogP contribution in [0.5, 0.6) is 0 Å². The van der Waals surface area contributed by atoms with E-state index in [1.807, 2.05) is 12.1 Å². The zero-order chi connectivity index (χ0) is 17.9. The maximum absolute atomic E-state index is 5.70. The van der Waals surface area contributed by atoms with Crippen LogP contribution in [0.3, 0.4) is 0 Å². The molecule has 1 saturated heterocycles. The lowest BCUT2D eigenvalue weighted by Gasteiger charge is -2.34. The van der Waals surface area contributed by atoms with E-state index in [9.17, 15) is 0 Å². The van der Waals surface area contributed by atoms with E-state index in [1.54, 1.807) is 12.4 Å². The molecule has 0 atom stereocenters. The van der Waals surface area contributed by atoms with E-state index >= 15 is 0 Å². The third-order valence-corrected chi connectivity index (χ3v) is 5.21. The van der Waals surface area contributed by atoms with Crippen molar-refractivity contribution >= 4 is 18.2 Å². The molecule has 0 spiro atoms. The van der Waals surface area contributed by atoms with Gasteiger partial charge < -0.3 is 9.47 Å². The number of imidazole rings is 1. The van der Waals surface area contributed by atoms with Crippen LogP contribution < -0.4 is 4.90 Å². The first kappa shape index (κ1) is 16.9. The first-order valence-electron chi connectivity index (χ1n) is 8.80. The van der Waals surface area contributed by atoms with E-state index in [2.05, 4.69) is 66.4 Å². The summed E-state index contributed by atoms with van der Waals surface area (Å²) in [6.45, 7) is 6.71. The molecule has 6 nitrogen and oxygen atoms in total. The summed E-state index contributed by atoms with van der Waals surface area (Å²) in [6, 6.07) is 10.2. The van der Waals surface area contributed by atoms with E-state index in [-0.39, 0.29) is 0 Å². The maximum atomic E-state index is 5.70. The van der Waals surface area contributed by atoms with Gasteiger partial charge in [0.2, 0.25) is 5.95 Å². The largest absolute Gasteiger partial charge is 0.338 e. The summed E-state index contributed by atoms with van der Waals surface area (Å²) in [5.74, 6) is 0.814. The van der Waals surface area contributed by atoms with Gasteiger partial charge in [0.25, 0.3) is 0 Å². The Kier molecular flexibility index (Phi) is 4.81. The second kappa shape index (κ2) is 7.39. The molecule has 0 N–H and O–H groups in total. The topological polar surface area (TPSA) is 42.1 Å². The van der Waals surface area contributed by atoms with Gasteiger partial charge in [-0.15, -0.1) is 0 Å². The van der Waals surface area contributed by atoms with Crippen molar-refractivity contribution < 1.29 is 0 Å². The number of rotatable bonds is 4. The van der Waals surface area contributed by atoms with Crippen molar-refractivity contribution in [3.05, 3.63) is 65.5 Å². The standard InChI is InChI=1S/C19H22N6S/c1-16-5-2-3-6-17(16)25-14-13-24(19(25)26)15-22-9-11-23(12-10-22)18-20-7-4-8-21-18/h2-8,13-14H,9-12,15H2,1H3. The number of aryl methyl sites for hydroxylation is 1. The quantitative estimate of drug-likeness (QED) is 0.664. The molecule has 0 unspecified atom stereocenters. The lowest BCUT2D eigenvalue weighted by Crippen LogP contribution is -2.47. The van der Waals surface area contributed by atoms with Gasteiger partial charge in [0.1, 0.15) is 0 Å². The lowest BCUT2D eigenvalue weighted by molar-refractivity contribution is 0.204. The molecule has 2 aromatic heterocycles. The molecule has 1 aliphatic heterocycles. The van der Waals surface area contributed by atoms with Gasteiger partial charge in [-0.05, 0) is 36.8 Å². The van der Waals surface area contributed by atoms with Crippen molar-refractivity contribution in [2.75, 3.05) is 31.1 Å². The summed E-state index contributed by atoms with van der Waals surface area (Å²) in [4.78, 5) is 13.3. The Labute approximate surface area is 158 Å². The Balaban J connectivity index is 1.43. The molecule has 3 aromatic rings. The molecule has 0 saturated carbocycles. The number of hydrogen-bond acceptors (Lipinski definition) is 5. The van der Waals surface area contributed by atoms with Crippen molar-refractivity contribution in [1.29, 1.82) is 0 Å². The average molecular weight is 366 g/mol. The van der Waals surface area contributed by atoms with Crippen LogP contribution in [-0.4, -0.2) is 50.2 Å². The summed E-state index contributed by atoms with van der Waals surface area (Å²) in [5.41, 5.74) is 2.36. The van der Waals surface area contributed by atoms with Gasteiger partial charge in [-0.1, -0.05) is 18.2 Å². The number of nitrogens with zero attached hydrogens (tertiary/aromatic N) is 6. The fourth-order valence-corrected chi connectivity index (χ4v) is 3.57. The molecule has 1 aromatic carbocycles. The number of hydrogen-bond donors (Lipinski definition) is 0. The maximum Gasteiger partial charge on any atom is 0.225 e.